The second-order valence-electron chi connectivity index (χ2n) is 6.29. The maximum absolute atomic E-state index is 5.43. The van der Waals surface area contributed by atoms with Gasteiger partial charge in [-0.2, -0.15) is 4.98 Å². The first-order chi connectivity index (χ1) is 14.2. The number of nitrogens with zero attached hydrogens (tertiary/aromatic N) is 4. The predicted octanol–water partition coefficient (Wildman–Crippen LogP) is 4.54. The number of thioether (sulfide) groups is 1. The second-order valence-corrected chi connectivity index (χ2v) is 7.23. The van der Waals surface area contributed by atoms with Crippen LogP contribution in [0.25, 0.3) is 17.1 Å². The van der Waals surface area contributed by atoms with E-state index in [1.807, 2.05) is 29.0 Å². The fourth-order valence-corrected chi connectivity index (χ4v) is 3.71. The molecule has 0 atom stereocenters. The van der Waals surface area contributed by atoms with E-state index in [1.54, 1.807) is 26.5 Å². The van der Waals surface area contributed by atoms with Crippen LogP contribution in [0, 0.1) is 6.92 Å². The average molecular weight is 408 g/mol. The first-order valence-electron chi connectivity index (χ1n) is 8.96. The molecule has 0 saturated heterocycles. The van der Waals surface area contributed by atoms with Gasteiger partial charge in [-0.25, -0.2) is 4.98 Å². The number of aromatic nitrogens is 4. The highest BCUT2D eigenvalue weighted by molar-refractivity contribution is 7.98. The normalized spacial score (nSPS) is 10.9. The number of imidazole rings is 1. The minimum atomic E-state index is 0.474. The van der Waals surface area contributed by atoms with Crippen molar-refractivity contribution in [2.24, 2.45) is 0 Å². The highest BCUT2D eigenvalue weighted by Crippen LogP contribution is 2.32. The standard InChI is InChI=1S/C21H20N4O3S/c1-14-5-4-6-15(11-14)25-10-9-22-21(25)29-13-19-23-20(24-28-19)17-8-7-16(26-2)12-18(17)27-3/h4-12H,13H2,1-3H3. The van der Waals surface area contributed by atoms with E-state index >= 15 is 0 Å². The first kappa shape index (κ1) is 19.1. The molecule has 148 valence electrons. The highest BCUT2D eigenvalue weighted by atomic mass is 32.2. The summed E-state index contributed by atoms with van der Waals surface area (Å²) >= 11 is 1.54. The molecule has 0 radical (unpaired) electrons. The van der Waals surface area contributed by atoms with Crippen LogP contribution < -0.4 is 9.47 Å². The quantitative estimate of drug-likeness (QED) is 0.416. The van der Waals surface area contributed by atoms with Gasteiger partial charge < -0.3 is 14.0 Å². The summed E-state index contributed by atoms with van der Waals surface area (Å²) in [6, 6.07) is 13.8. The third kappa shape index (κ3) is 4.12. The van der Waals surface area contributed by atoms with Crippen molar-refractivity contribution in [2.75, 3.05) is 14.2 Å². The van der Waals surface area contributed by atoms with Crippen molar-refractivity contribution in [3.8, 4) is 28.6 Å². The zero-order valence-electron chi connectivity index (χ0n) is 16.3. The fraction of sp³-hybridized carbons (Fsp3) is 0.190. The second kappa shape index (κ2) is 8.40. The summed E-state index contributed by atoms with van der Waals surface area (Å²) in [5.41, 5.74) is 3.01. The fourth-order valence-electron chi connectivity index (χ4n) is 2.90. The molecule has 0 bridgehead atoms. The molecule has 8 heteroatoms. The third-order valence-corrected chi connectivity index (χ3v) is 5.28. The molecule has 0 fully saturated rings. The Balaban J connectivity index is 1.51. The third-order valence-electron chi connectivity index (χ3n) is 4.33. The van der Waals surface area contributed by atoms with E-state index in [4.69, 9.17) is 14.0 Å². The Kier molecular flexibility index (Phi) is 5.53. The van der Waals surface area contributed by atoms with E-state index in [2.05, 4.69) is 40.2 Å². The molecule has 0 amide bonds. The van der Waals surface area contributed by atoms with Gasteiger partial charge in [-0.3, -0.25) is 4.57 Å². The van der Waals surface area contributed by atoms with E-state index in [-0.39, 0.29) is 0 Å². The lowest BCUT2D eigenvalue weighted by molar-refractivity contribution is 0.388. The van der Waals surface area contributed by atoms with Crippen LogP contribution in [-0.4, -0.2) is 33.9 Å². The van der Waals surface area contributed by atoms with Crippen molar-refractivity contribution in [1.82, 2.24) is 19.7 Å². The zero-order chi connectivity index (χ0) is 20.2. The van der Waals surface area contributed by atoms with Crippen molar-refractivity contribution < 1.29 is 14.0 Å². The summed E-state index contributed by atoms with van der Waals surface area (Å²) < 4.78 is 18.1. The van der Waals surface area contributed by atoms with Gasteiger partial charge in [-0.05, 0) is 36.8 Å². The van der Waals surface area contributed by atoms with Crippen LogP contribution in [-0.2, 0) is 5.75 Å². The van der Waals surface area contributed by atoms with Gasteiger partial charge in [-0.15, -0.1) is 0 Å². The number of ether oxygens (including phenoxy) is 2. The molecule has 2 aromatic heterocycles. The van der Waals surface area contributed by atoms with Gasteiger partial charge in [0.25, 0.3) is 0 Å². The summed E-state index contributed by atoms with van der Waals surface area (Å²) in [6.07, 6.45) is 3.73. The number of rotatable bonds is 7. The molecule has 7 nitrogen and oxygen atoms in total. The summed E-state index contributed by atoms with van der Waals surface area (Å²) in [6.45, 7) is 2.07. The summed E-state index contributed by atoms with van der Waals surface area (Å²) in [5, 5.41) is 4.95. The summed E-state index contributed by atoms with van der Waals surface area (Å²) in [7, 11) is 3.21. The summed E-state index contributed by atoms with van der Waals surface area (Å²) in [5.74, 6) is 2.82. The van der Waals surface area contributed by atoms with Crippen molar-refractivity contribution in [1.29, 1.82) is 0 Å². The Morgan fingerprint density at radius 3 is 2.79 bits per heavy atom. The molecule has 4 aromatic rings. The zero-order valence-corrected chi connectivity index (χ0v) is 17.1. The maximum Gasteiger partial charge on any atom is 0.237 e. The van der Waals surface area contributed by atoms with Gasteiger partial charge in [0.05, 0.1) is 25.5 Å². The molecule has 0 unspecified atom stereocenters. The Morgan fingerprint density at radius 1 is 1.10 bits per heavy atom. The predicted molar refractivity (Wildman–Crippen MR) is 111 cm³/mol. The van der Waals surface area contributed by atoms with Crippen molar-refractivity contribution in [2.45, 2.75) is 17.8 Å². The number of hydrogen-bond acceptors (Lipinski definition) is 7. The van der Waals surface area contributed by atoms with Crippen LogP contribution in [0.3, 0.4) is 0 Å². The Hall–Kier alpha value is -3.26. The molecule has 0 aliphatic rings. The molecule has 0 aliphatic heterocycles. The molecular formula is C21H20N4O3S. The lowest BCUT2D eigenvalue weighted by Gasteiger charge is -2.07. The van der Waals surface area contributed by atoms with Crippen molar-refractivity contribution in [3.63, 3.8) is 0 Å². The topological polar surface area (TPSA) is 75.2 Å². The van der Waals surface area contributed by atoms with E-state index in [1.165, 1.54) is 17.3 Å². The molecule has 29 heavy (non-hydrogen) atoms. The Bertz CT molecular complexity index is 1120. The molecule has 2 heterocycles. The van der Waals surface area contributed by atoms with Gasteiger partial charge >= 0.3 is 0 Å². The van der Waals surface area contributed by atoms with Gasteiger partial charge in [0.1, 0.15) is 11.5 Å². The Labute approximate surface area is 172 Å². The smallest absolute Gasteiger partial charge is 0.237 e. The number of methoxy groups -OCH3 is 2. The molecule has 0 N–H and O–H groups in total. The van der Waals surface area contributed by atoms with Crippen molar-refractivity contribution in [3.05, 3.63) is 66.3 Å². The van der Waals surface area contributed by atoms with E-state index in [9.17, 15) is 0 Å². The first-order valence-corrected chi connectivity index (χ1v) is 9.94. The molecular weight excluding hydrogens is 388 g/mol. The SMILES string of the molecule is COc1ccc(-c2noc(CSc3nccn3-c3cccc(C)c3)n2)c(OC)c1. The van der Waals surface area contributed by atoms with Crippen LogP contribution in [0.4, 0.5) is 0 Å². The molecule has 4 rings (SSSR count). The van der Waals surface area contributed by atoms with Crippen molar-refractivity contribution >= 4 is 11.8 Å². The molecule has 0 saturated carbocycles. The van der Waals surface area contributed by atoms with Gasteiger partial charge in [0, 0.05) is 24.1 Å². The summed E-state index contributed by atoms with van der Waals surface area (Å²) in [4.78, 5) is 8.96. The lowest BCUT2D eigenvalue weighted by atomic mass is 10.2. The van der Waals surface area contributed by atoms with Crippen LogP contribution in [0.15, 0.2) is 64.5 Å². The molecule has 2 aromatic carbocycles. The Morgan fingerprint density at radius 2 is 2.00 bits per heavy atom. The number of hydrogen-bond donors (Lipinski definition) is 0. The lowest BCUT2D eigenvalue weighted by Crippen LogP contribution is -1.96. The number of benzene rings is 2. The van der Waals surface area contributed by atoms with Gasteiger partial charge in [0.2, 0.25) is 11.7 Å². The minimum absolute atomic E-state index is 0.474. The van der Waals surface area contributed by atoms with Gasteiger partial charge in [0.15, 0.2) is 5.16 Å². The van der Waals surface area contributed by atoms with Crippen LogP contribution in [0.2, 0.25) is 0 Å². The molecule has 0 spiro atoms. The average Bonchev–Trinajstić information content (AvgIpc) is 3.41. The van der Waals surface area contributed by atoms with E-state index < -0.39 is 0 Å². The van der Waals surface area contributed by atoms with Crippen LogP contribution in [0.1, 0.15) is 11.5 Å². The largest absolute Gasteiger partial charge is 0.497 e. The minimum Gasteiger partial charge on any atom is -0.497 e. The van der Waals surface area contributed by atoms with E-state index in [0.29, 0.717) is 29.0 Å². The maximum atomic E-state index is 5.43. The van der Waals surface area contributed by atoms with Crippen LogP contribution >= 0.6 is 11.8 Å². The number of aryl methyl sites for hydroxylation is 1. The molecule has 0 aliphatic carbocycles. The monoisotopic (exact) mass is 408 g/mol. The van der Waals surface area contributed by atoms with Gasteiger partial charge in [-0.1, -0.05) is 29.1 Å². The van der Waals surface area contributed by atoms with Crippen LogP contribution in [0.5, 0.6) is 11.5 Å². The highest BCUT2D eigenvalue weighted by Gasteiger charge is 2.15. The van der Waals surface area contributed by atoms with E-state index in [0.717, 1.165) is 16.4 Å².